The lowest BCUT2D eigenvalue weighted by Gasteiger charge is -2.11. The standard InChI is InChI=1S/C10H13NO3/c1-6-4-5-7(10(12)14-3)9(13-2)8(6)11/h4-5H,11H2,1-3H3. The zero-order chi connectivity index (χ0) is 10.7. The summed E-state index contributed by atoms with van der Waals surface area (Å²) < 4.78 is 9.65. The summed E-state index contributed by atoms with van der Waals surface area (Å²) in [6, 6.07) is 3.39. The van der Waals surface area contributed by atoms with Crippen molar-refractivity contribution in [1.29, 1.82) is 0 Å². The Hall–Kier alpha value is -1.71. The molecule has 0 radical (unpaired) electrons. The molecule has 0 amide bonds. The van der Waals surface area contributed by atoms with Gasteiger partial charge < -0.3 is 15.2 Å². The van der Waals surface area contributed by atoms with Crippen LogP contribution in [0.5, 0.6) is 5.75 Å². The molecule has 4 heteroatoms. The average molecular weight is 195 g/mol. The lowest BCUT2D eigenvalue weighted by Crippen LogP contribution is -2.07. The van der Waals surface area contributed by atoms with Crippen LogP contribution in [0.4, 0.5) is 5.69 Å². The first-order valence-electron chi connectivity index (χ1n) is 4.13. The molecule has 0 aliphatic rings. The summed E-state index contributed by atoms with van der Waals surface area (Å²) in [7, 11) is 2.79. The first-order valence-corrected chi connectivity index (χ1v) is 4.13. The second-order valence-electron chi connectivity index (χ2n) is 2.87. The van der Waals surface area contributed by atoms with Crippen LogP contribution in [0.1, 0.15) is 15.9 Å². The third-order valence-electron chi connectivity index (χ3n) is 2.02. The smallest absolute Gasteiger partial charge is 0.341 e. The van der Waals surface area contributed by atoms with Crippen LogP contribution in [-0.2, 0) is 4.74 Å². The number of anilines is 1. The first-order chi connectivity index (χ1) is 6.61. The molecule has 1 aromatic rings. The minimum atomic E-state index is -0.450. The molecule has 0 spiro atoms. The molecule has 0 aromatic heterocycles. The Morgan fingerprint density at radius 1 is 1.36 bits per heavy atom. The van der Waals surface area contributed by atoms with Gasteiger partial charge in [0.1, 0.15) is 5.56 Å². The number of methoxy groups -OCH3 is 2. The van der Waals surface area contributed by atoms with E-state index in [0.717, 1.165) is 5.56 Å². The zero-order valence-corrected chi connectivity index (χ0v) is 8.46. The van der Waals surface area contributed by atoms with Gasteiger partial charge in [-0.15, -0.1) is 0 Å². The normalized spacial score (nSPS) is 9.64. The molecule has 0 aliphatic carbocycles. The van der Waals surface area contributed by atoms with Crippen LogP contribution in [0.15, 0.2) is 12.1 Å². The molecule has 0 bridgehead atoms. The van der Waals surface area contributed by atoms with Crippen molar-refractivity contribution in [3.63, 3.8) is 0 Å². The monoisotopic (exact) mass is 195 g/mol. The third-order valence-corrected chi connectivity index (χ3v) is 2.02. The van der Waals surface area contributed by atoms with Gasteiger partial charge in [-0.05, 0) is 18.6 Å². The zero-order valence-electron chi connectivity index (χ0n) is 8.46. The summed E-state index contributed by atoms with van der Waals surface area (Å²) in [5.74, 6) is -0.0783. The molecule has 0 aliphatic heterocycles. The number of benzene rings is 1. The molecule has 0 heterocycles. The molecule has 4 nitrogen and oxygen atoms in total. The highest BCUT2D eigenvalue weighted by Gasteiger charge is 2.15. The summed E-state index contributed by atoms with van der Waals surface area (Å²) in [5, 5.41) is 0. The van der Waals surface area contributed by atoms with Gasteiger partial charge in [0.15, 0.2) is 5.75 Å². The van der Waals surface area contributed by atoms with Crippen molar-refractivity contribution in [3.8, 4) is 5.75 Å². The summed E-state index contributed by atoms with van der Waals surface area (Å²) in [4.78, 5) is 11.3. The highest BCUT2D eigenvalue weighted by atomic mass is 16.5. The number of nitrogen functional groups attached to an aromatic ring is 1. The van der Waals surface area contributed by atoms with E-state index in [1.54, 1.807) is 12.1 Å². The molecule has 0 atom stereocenters. The van der Waals surface area contributed by atoms with E-state index in [4.69, 9.17) is 10.5 Å². The predicted octanol–water partition coefficient (Wildman–Crippen LogP) is 1.37. The average Bonchev–Trinajstić information content (AvgIpc) is 2.20. The number of nitrogens with two attached hydrogens (primary N) is 1. The van der Waals surface area contributed by atoms with E-state index < -0.39 is 5.97 Å². The lowest BCUT2D eigenvalue weighted by molar-refractivity contribution is 0.0597. The van der Waals surface area contributed by atoms with Gasteiger partial charge in [-0.3, -0.25) is 0 Å². The summed E-state index contributed by atoms with van der Waals surface area (Å²) in [6.45, 7) is 1.85. The fraction of sp³-hybridized carbons (Fsp3) is 0.300. The Morgan fingerprint density at radius 2 is 2.00 bits per heavy atom. The Balaban J connectivity index is 3.31. The molecular formula is C10H13NO3. The van der Waals surface area contributed by atoms with E-state index in [9.17, 15) is 4.79 Å². The maximum Gasteiger partial charge on any atom is 0.341 e. The van der Waals surface area contributed by atoms with Crippen molar-refractivity contribution in [1.82, 2.24) is 0 Å². The third kappa shape index (κ3) is 1.64. The minimum absolute atomic E-state index is 0.345. The van der Waals surface area contributed by atoms with Crippen molar-refractivity contribution in [2.75, 3.05) is 20.0 Å². The number of hydrogen-bond donors (Lipinski definition) is 1. The van der Waals surface area contributed by atoms with Crippen molar-refractivity contribution in [2.24, 2.45) is 0 Å². The SMILES string of the molecule is COC(=O)c1ccc(C)c(N)c1OC. The summed E-state index contributed by atoms with van der Waals surface area (Å²) in [5.41, 5.74) is 7.44. The van der Waals surface area contributed by atoms with Crippen LogP contribution >= 0.6 is 0 Å². The van der Waals surface area contributed by atoms with Crippen molar-refractivity contribution in [2.45, 2.75) is 6.92 Å². The highest BCUT2D eigenvalue weighted by molar-refractivity contribution is 5.95. The van der Waals surface area contributed by atoms with E-state index in [2.05, 4.69) is 4.74 Å². The molecule has 0 fully saturated rings. The molecule has 14 heavy (non-hydrogen) atoms. The number of esters is 1. The quantitative estimate of drug-likeness (QED) is 0.572. The number of aryl methyl sites for hydroxylation is 1. The Labute approximate surface area is 82.6 Å². The van der Waals surface area contributed by atoms with Gasteiger partial charge in [-0.2, -0.15) is 0 Å². The number of ether oxygens (including phenoxy) is 2. The molecule has 0 unspecified atom stereocenters. The maximum atomic E-state index is 11.3. The van der Waals surface area contributed by atoms with E-state index >= 15 is 0 Å². The van der Waals surface area contributed by atoms with Crippen LogP contribution in [0.3, 0.4) is 0 Å². The van der Waals surface area contributed by atoms with Crippen molar-refractivity contribution < 1.29 is 14.3 Å². The molecular weight excluding hydrogens is 182 g/mol. The predicted molar refractivity (Wildman–Crippen MR) is 53.5 cm³/mol. The number of carbonyl (C=O) groups excluding carboxylic acids is 1. The van der Waals surface area contributed by atoms with Gasteiger partial charge in [0.25, 0.3) is 0 Å². The molecule has 0 saturated heterocycles. The van der Waals surface area contributed by atoms with Gasteiger partial charge >= 0.3 is 5.97 Å². The Kier molecular flexibility index (Phi) is 2.96. The van der Waals surface area contributed by atoms with Crippen molar-refractivity contribution in [3.05, 3.63) is 23.3 Å². The van der Waals surface area contributed by atoms with Gasteiger partial charge in [-0.1, -0.05) is 6.07 Å². The fourth-order valence-electron chi connectivity index (χ4n) is 1.19. The van der Waals surface area contributed by atoms with Crippen LogP contribution in [0.2, 0.25) is 0 Å². The van der Waals surface area contributed by atoms with E-state index in [1.165, 1.54) is 14.2 Å². The van der Waals surface area contributed by atoms with E-state index in [-0.39, 0.29) is 0 Å². The van der Waals surface area contributed by atoms with Gasteiger partial charge in [0.05, 0.1) is 19.9 Å². The first kappa shape index (κ1) is 10.4. The van der Waals surface area contributed by atoms with Gasteiger partial charge in [0, 0.05) is 0 Å². The van der Waals surface area contributed by atoms with Crippen LogP contribution in [-0.4, -0.2) is 20.2 Å². The van der Waals surface area contributed by atoms with Crippen LogP contribution < -0.4 is 10.5 Å². The summed E-state index contributed by atoms with van der Waals surface area (Å²) >= 11 is 0. The number of carbonyl (C=O) groups is 1. The highest BCUT2D eigenvalue weighted by Crippen LogP contribution is 2.29. The van der Waals surface area contributed by atoms with Gasteiger partial charge in [-0.25, -0.2) is 4.79 Å². The Morgan fingerprint density at radius 3 is 2.50 bits per heavy atom. The minimum Gasteiger partial charge on any atom is -0.494 e. The topological polar surface area (TPSA) is 61.5 Å². The largest absolute Gasteiger partial charge is 0.494 e. The van der Waals surface area contributed by atoms with Crippen LogP contribution in [0, 0.1) is 6.92 Å². The molecule has 1 aromatic carbocycles. The molecule has 2 N–H and O–H groups in total. The lowest BCUT2D eigenvalue weighted by atomic mass is 10.1. The Bertz CT molecular complexity index is 361. The fourth-order valence-corrected chi connectivity index (χ4v) is 1.19. The maximum absolute atomic E-state index is 11.3. The number of rotatable bonds is 2. The summed E-state index contributed by atoms with van der Waals surface area (Å²) in [6.07, 6.45) is 0. The van der Waals surface area contributed by atoms with Crippen molar-refractivity contribution >= 4 is 11.7 Å². The molecule has 1 rings (SSSR count). The molecule has 76 valence electrons. The van der Waals surface area contributed by atoms with Gasteiger partial charge in [0.2, 0.25) is 0 Å². The molecule has 0 saturated carbocycles. The van der Waals surface area contributed by atoms with E-state index in [1.807, 2.05) is 6.92 Å². The second-order valence-corrected chi connectivity index (χ2v) is 2.87. The van der Waals surface area contributed by atoms with Crippen LogP contribution in [0.25, 0.3) is 0 Å². The second kappa shape index (κ2) is 4.00. The van der Waals surface area contributed by atoms with E-state index in [0.29, 0.717) is 17.0 Å². The number of hydrogen-bond acceptors (Lipinski definition) is 4.